The van der Waals surface area contributed by atoms with Crippen LogP contribution in [0, 0.1) is 5.92 Å². The van der Waals surface area contributed by atoms with Crippen molar-refractivity contribution in [3.8, 4) is 5.75 Å². The van der Waals surface area contributed by atoms with Crippen molar-refractivity contribution in [3.05, 3.63) is 28.2 Å². The van der Waals surface area contributed by atoms with E-state index in [0.717, 1.165) is 10.2 Å². The van der Waals surface area contributed by atoms with Gasteiger partial charge in [-0.3, -0.25) is 0 Å². The molecule has 0 spiro atoms. The molecule has 0 bridgehead atoms. The van der Waals surface area contributed by atoms with Gasteiger partial charge in [0.2, 0.25) is 0 Å². The second-order valence-corrected chi connectivity index (χ2v) is 5.75. The molecule has 0 aromatic heterocycles. The number of hydrogen-bond acceptors (Lipinski definition) is 1. The zero-order valence-electron chi connectivity index (χ0n) is 9.97. The minimum atomic E-state index is 0.407. The zero-order chi connectivity index (χ0) is 12.1. The maximum Gasteiger partial charge on any atom is 0.133 e. The Bertz CT molecular complexity index is 339. The summed E-state index contributed by atoms with van der Waals surface area (Å²) in [5.74, 6) is 1.54. The van der Waals surface area contributed by atoms with Crippen LogP contribution in [-0.2, 0) is 0 Å². The van der Waals surface area contributed by atoms with E-state index in [1.807, 2.05) is 13.0 Å². The molecule has 2 unspecified atom stereocenters. The van der Waals surface area contributed by atoms with Gasteiger partial charge in [-0.1, -0.05) is 42.3 Å². The topological polar surface area (TPSA) is 9.23 Å². The molecule has 1 nitrogen and oxygen atoms in total. The summed E-state index contributed by atoms with van der Waals surface area (Å²) in [6.45, 7) is 7.15. The first-order valence-corrected chi connectivity index (χ1v) is 7.37. The van der Waals surface area contributed by atoms with Gasteiger partial charge in [0, 0.05) is 4.83 Å². The molecule has 0 radical (unpaired) electrons. The van der Waals surface area contributed by atoms with Gasteiger partial charge in [-0.05, 0) is 46.5 Å². The first kappa shape index (κ1) is 14.0. The number of benzene rings is 1. The Kier molecular flexibility index (Phi) is 5.84. The van der Waals surface area contributed by atoms with E-state index in [2.05, 4.69) is 57.8 Å². The van der Waals surface area contributed by atoms with Crippen LogP contribution in [0.4, 0.5) is 0 Å². The Balaban J connectivity index is 2.87. The van der Waals surface area contributed by atoms with Gasteiger partial charge < -0.3 is 4.74 Å². The highest BCUT2D eigenvalue weighted by Gasteiger charge is 2.15. The predicted octanol–water partition coefficient (Wildman–Crippen LogP) is 5.33. The Morgan fingerprint density at radius 1 is 1.31 bits per heavy atom. The summed E-state index contributed by atoms with van der Waals surface area (Å²) in [5, 5.41) is 0. The third kappa shape index (κ3) is 3.49. The lowest BCUT2D eigenvalue weighted by atomic mass is 9.99. The molecular weight excluding hydrogens is 332 g/mol. The number of alkyl halides is 1. The van der Waals surface area contributed by atoms with Crippen LogP contribution in [0.3, 0.4) is 0 Å². The smallest absolute Gasteiger partial charge is 0.133 e. The summed E-state index contributed by atoms with van der Waals surface area (Å²) in [6, 6.07) is 6.29. The van der Waals surface area contributed by atoms with Gasteiger partial charge in [0.15, 0.2) is 0 Å². The van der Waals surface area contributed by atoms with Crippen LogP contribution in [0.15, 0.2) is 22.7 Å². The normalized spacial score (nSPS) is 14.6. The Labute approximate surface area is 115 Å². The summed E-state index contributed by atoms with van der Waals surface area (Å²) in [4.78, 5) is 0.407. The highest BCUT2D eigenvalue weighted by Crippen LogP contribution is 2.36. The van der Waals surface area contributed by atoms with Crippen LogP contribution < -0.4 is 4.74 Å². The molecule has 0 fully saturated rings. The standard InChI is InChI=1S/C13H18Br2O/c1-4-9(3)13(15)10-6-7-12(16-5-2)11(14)8-10/h6-9,13H,4-5H2,1-3H3. The fourth-order valence-electron chi connectivity index (χ4n) is 1.50. The first-order valence-electron chi connectivity index (χ1n) is 5.66. The molecule has 0 saturated heterocycles. The fraction of sp³-hybridized carbons (Fsp3) is 0.538. The van der Waals surface area contributed by atoms with Crippen molar-refractivity contribution in [2.45, 2.75) is 32.0 Å². The molecule has 2 atom stereocenters. The van der Waals surface area contributed by atoms with Crippen LogP contribution in [0.1, 0.15) is 37.6 Å². The van der Waals surface area contributed by atoms with E-state index in [4.69, 9.17) is 4.74 Å². The van der Waals surface area contributed by atoms with Gasteiger partial charge in [-0.25, -0.2) is 0 Å². The molecule has 1 aromatic carbocycles. The molecule has 90 valence electrons. The van der Waals surface area contributed by atoms with Crippen molar-refractivity contribution in [1.29, 1.82) is 0 Å². The van der Waals surface area contributed by atoms with Crippen LogP contribution in [-0.4, -0.2) is 6.61 Å². The summed E-state index contributed by atoms with van der Waals surface area (Å²) < 4.78 is 6.52. The molecule has 3 heteroatoms. The second kappa shape index (κ2) is 6.65. The third-order valence-electron chi connectivity index (χ3n) is 2.72. The summed E-state index contributed by atoms with van der Waals surface area (Å²) in [5.41, 5.74) is 1.30. The number of halogens is 2. The summed E-state index contributed by atoms with van der Waals surface area (Å²) in [7, 11) is 0. The molecule has 0 saturated carbocycles. The van der Waals surface area contributed by atoms with Crippen LogP contribution in [0.2, 0.25) is 0 Å². The highest BCUT2D eigenvalue weighted by atomic mass is 79.9. The molecular formula is C13H18Br2O. The van der Waals surface area contributed by atoms with Gasteiger partial charge in [0.05, 0.1) is 11.1 Å². The van der Waals surface area contributed by atoms with Gasteiger partial charge in [0.25, 0.3) is 0 Å². The van der Waals surface area contributed by atoms with E-state index >= 15 is 0 Å². The van der Waals surface area contributed by atoms with Crippen molar-refractivity contribution in [3.63, 3.8) is 0 Å². The van der Waals surface area contributed by atoms with Gasteiger partial charge in [-0.2, -0.15) is 0 Å². The van der Waals surface area contributed by atoms with Crippen molar-refractivity contribution in [1.82, 2.24) is 0 Å². The van der Waals surface area contributed by atoms with Gasteiger partial charge in [-0.15, -0.1) is 0 Å². The largest absolute Gasteiger partial charge is 0.493 e. The van der Waals surface area contributed by atoms with Crippen LogP contribution in [0.5, 0.6) is 5.75 Å². The van der Waals surface area contributed by atoms with E-state index in [-0.39, 0.29) is 0 Å². The predicted molar refractivity (Wildman–Crippen MR) is 76.4 cm³/mol. The number of rotatable bonds is 5. The molecule has 0 N–H and O–H groups in total. The van der Waals surface area contributed by atoms with E-state index in [1.54, 1.807) is 0 Å². The highest BCUT2D eigenvalue weighted by molar-refractivity contribution is 9.10. The van der Waals surface area contributed by atoms with Crippen LogP contribution >= 0.6 is 31.9 Å². The Hall–Kier alpha value is -0.0200. The SMILES string of the molecule is CCOc1ccc(C(Br)C(C)CC)cc1Br. The fourth-order valence-corrected chi connectivity index (χ4v) is 2.67. The molecule has 0 aliphatic carbocycles. The lowest BCUT2D eigenvalue weighted by molar-refractivity contribution is 0.338. The zero-order valence-corrected chi connectivity index (χ0v) is 13.1. The molecule has 16 heavy (non-hydrogen) atoms. The first-order chi connectivity index (χ1) is 7.60. The van der Waals surface area contributed by atoms with E-state index in [0.29, 0.717) is 17.4 Å². The molecule has 0 aliphatic heterocycles. The Morgan fingerprint density at radius 3 is 2.50 bits per heavy atom. The minimum absolute atomic E-state index is 0.407. The summed E-state index contributed by atoms with van der Waals surface area (Å²) >= 11 is 7.29. The quantitative estimate of drug-likeness (QED) is 0.653. The minimum Gasteiger partial charge on any atom is -0.493 e. The summed E-state index contributed by atoms with van der Waals surface area (Å²) in [6.07, 6.45) is 1.17. The monoisotopic (exact) mass is 348 g/mol. The van der Waals surface area contributed by atoms with E-state index in [1.165, 1.54) is 12.0 Å². The number of ether oxygens (including phenoxy) is 1. The lowest BCUT2D eigenvalue weighted by Crippen LogP contribution is -2.02. The number of hydrogen-bond donors (Lipinski definition) is 0. The maximum atomic E-state index is 5.50. The van der Waals surface area contributed by atoms with Gasteiger partial charge >= 0.3 is 0 Å². The average Bonchev–Trinajstić information content (AvgIpc) is 2.30. The lowest BCUT2D eigenvalue weighted by Gasteiger charge is -2.18. The third-order valence-corrected chi connectivity index (χ3v) is 4.77. The molecule has 0 amide bonds. The van der Waals surface area contributed by atoms with E-state index < -0.39 is 0 Å². The van der Waals surface area contributed by atoms with E-state index in [9.17, 15) is 0 Å². The molecule has 1 aromatic rings. The maximum absolute atomic E-state index is 5.50. The van der Waals surface area contributed by atoms with Crippen molar-refractivity contribution in [2.75, 3.05) is 6.61 Å². The van der Waals surface area contributed by atoms with Crippen LogP contribution in [0.25, 0.3) is 0 Å². The van der Waals surface area contributed by atoms with Crippen molar-refractivity contribution < 1.29 is 4.74 Å². The van der Waals surface area contributed by atoms with Crippen molar-refractivity contribution >= 4 is 31.9 Å². The molecule has 1 rings (SSSR count). The van der Waals surface area contributed by atoms with Crippen molar-refractivity contribution in [2.24, 2.45) is 5.92 Å². The van der Waals surface area contributed by atoms with Gasteiger partial charge in [0.1, 0.15) is 5.75 Å². The average molecular weight is 350 g/mol. The molecule has 0 heterocycles. The Morgan fingerprint density at radius 2 is 2.00 bits per heavy atom. The molecule has 0 aliphatic rings. The second-order valence-electron chi connectivity index (χ2n) is 3.91.